The van der Waals surface area contributed by atoms with Gasteiger partial charge in [-0.15, -0.1) is 0 Å². The Labute approximate surface area is 152 Å². The topological polar surface area (TPSA) is 61.4 Å². The normalized spacial score (nSPS) is 14.8. The van der Waals surface area contributed by atoms with Gasteiger partial charge in [0.25, 0.3) is 0 Å². The van der Waals surface area contributed by atoms with Crippen molar-refractivity contribution in [3.63, 3.8) is 0 Å². The predicted octanol–water partition coefficient (Wildman–Crippen LogP) is 2.12. The fourth-order valence-corrected chi connectivity index (χ4v) is 3.14. The number of urea groups is 1. The Hall–Kier alpha value is -2.89. The number of hydrogen-bond acceptors (Lipinski definition) is 2. The van der Waals surface area contributed by atoms with Gasteiger partial charge in [-0.1, -0.05) is 42.5 Å². The molecule has 1 aliphatic heterocycles. The minimum absolute atomic E-state index is 0.0972. The van der Waals surface area contributed by atoms with Crippen LogP contribution < -0.4 is 10.6 Å². The van der Waals surface area contributed by atoms with Crippen LogP contribution in [-0.2, 0) is 17.6 Å². The van der Waals surface area contributed by atoms with Gasteiger partial charge >= 0.3 is 6.03 Å². The first-order valence-corrected chi connectivity index (χ1v) is 8.71. The number of benzene rings is 2. The SMILES string of the molecule is O=C(Cc1ccccc1)NC[C@H](Cc1cccc(F)c1)N1CCNC1=O. The third-order valence-electron chi connectivity index (χ3n) is 4.43. The van der Waals surface area contributed by atoms with Gasteiger partial charge < -0.3 is 15.5 Å². The van der Waals surface area contributed by atoms with Gasteiger partial charge in [0.1, 0.15) is 5.82 Å². The zero-order valence-electron chi connectivity index (χ0n) is 14.5. The molecule has 2 aromatic carbocycles. The summed E-state index contributed by atoms with van der Waals surface area (Å²) in [5, 5.41) is 5.68. The lowest BCUT2D eigenvalue weighted by atomic mass is 10.0. The zero-order chi connectivity index (χ0) is 18.4. The molecular weight excluding hydrogens is 333 g/mol. The number of nitrogens with one attached hydrogen (secondary N) is 2. The molecule has 26 heavy (non-hydrogen) atoms. The minimum Gasteiger partial charge on any atom is -0.354 e. The smallest absolute Gasteiger partial charge is 0.317 e. The Morgan fingerprint density at radius 1 is 1.15 bits per heavy atom. The molecule has 1 fully saturated rings. The van der Waals surface area contributed by atoms with E-state index in [9.17, 15) is 14.0 Å². The van der Waals surface area contributed by atoms with Crippen LogP contribution in [0.15, 0.2) is 54.6 Å². The molecule has 0 aliphatic carbocycles. The summed E-state index contributed by atoms with van der Waals surface area (Å²) in [6.45, 7) is 1.49. The molecule has 0 spiro atoms. The van der Waals surface area contributed by atoms with Gasteiger partial charge in [0.2, 0.25) is 5.91 Å². The van der Waals surface area contributed by atoms with Gasteiger partial charge in [0.15, 0.2) is 0 Å². The van der Waals surface area contributed by atoms with Crippen LogP contribution in [0.2, 0.25) is 0 Å². The molecule has 1 atom stereocenters. The predicted molar refractivity (Wildman–Crippen MR) is 97.2 cm³/mol. The van der Waals surface area contributed by atoms with Crippen LogP contribution in [0.1, 0.15) is 11.1 Å². The van der Waals surface area contributed by atoms with Crippen molar-refractivity contribution in [2.75, 3.05) is 19.6 Å². The van der Waals surface area contributed by atoms with Crippen LogP contribution in [0, 0.1) is 5.82 Å². The molecule has 0 saturated carbocycles. The van der Waals surface area contributed by atoms with Crippen LogP contribution >= 0.6 is 0 Å². The van der Waals surface area contributed by atoms with Gasteiger partial charge in [-0.25, -0.2) is 9.18 Å². The number of hydrogen-bond donors (Lipinski definition) is 2. The van der Waals surface area contributed by atoms with Gasteiger partial charge in [0.05, 0.1) is 12.5 Å². The molecule has 5 nitrogen and oxygen atoms in total. The molecule has 2 N–H and O–H groups in total. The average molecular weight is 355 g/mol. The van der Waals surface area contributed by atoms with Crippen molar-refractivity contribution >= 4 is 11.9 Å². The van der Waals surface area contributed by atoms with E-state index in [-0.39, 0.29) is 23.8 Å². The highest BCUT2D eigenvalue weighted by molar-refractivity contribution is 5.79. The molecular formula is C20H22FN3O2. The molecule has 0 unspecified atom stereocenters. The van der Waals surface area contributed by atoms with E-state index in [1.54, 1.807) is 11.0 Å². The summed E-state index contributed by atoms with van der Waals surface area (Å²) in [5.74, 6) is -0.403. The van der Waals surface area contributed by atoms with Gasteiger partial charge in [0, 0.05) is 19.6 Å². The lowest BCUT2D eigenvalue weighted by Gasteiger charge is -2.27. The monoisotopic (exact) mass is 355 g/mol. The fourth-order valence-electron chi connectivity index (χ4n) is 3.14. The highest BCUT2D eigenvalue weighted by Gasteiger charge is 2.28. The Morgan fingerprint density at radius 2 is 1.92 bits per heavy atom. The molecule has 1 saturated heterocycles. The van der Waals surface area contributed by atoms with E-state index in [4.69, 9.17) is 0 Å². The second-order valence-corrected chi connectivity index (χ2v) is 6.38. The Morgan fingerprint density at radius 3 is 2.62 bits per heavy atom. The number of rotatable bonds is 7. The first-order valence-electron chi connectivity index (χ1n) is 8.71. The Bertz CT molecular complexity index is 767. The van der Waals surface area contributed by atoms with Crippen molar-refractivity contribution in [3.8, 4) is 0 Å². The van der Waals surface area contributed by atoms with Crippen molar-refractivity contribution in [2.24, 2.45) is 0 Å². The number of nitrogens with zero attached hydrogens (tertiary/aromatic N) is 1. The van der Waals surface area contributed by atoms with E-state index in [1.807, 2.05) is 36.4 Å². The Kier molecular flexibility index (Phi) is 5.84. The standard InChI is InChI=1S/C20H22FN3O2/c21-17-8-4-7-16(11-17)12-18(24-10-9-22-20(24)26)14-23-19(25)13-15-5-2-1-3-6-15/h1-8,11,18H,9-10,12-14H2,(H,22,26)(H,23,25)/t18-/m0/s1. The quantitative estimate of drug-likeness (QED) is 0.799. The number of carbonyl (C=O) groups excluding carboxylic acids is 2. The molecule has 0 radical (unpaired) electrons. The second-order valence-electron chi connectivity index (χ2n) is 6.38. The van der Waals surface area contributed by atoms with E-state index in [2.05, 4.69) is 10.6 Å². The van der Waals surface area contributed by atoms with Crippen molar-refractivity contribution in [2.45, 2.75) is 18.9 Å². The van der Waals surface area contributed by atoms with Crippen molar-refractivity contribution in [3.05, 3.63) is 71.5 Å². The highest BCUT2D eigenvalue weighted by Crippen LogP contribution is 2.13. The highest BCUT2D eigenvalue weighted by atomic mass is 19.1. The maximum atomic E-state index is 13.5. The third-order valence-corrected chi connectivity index (χ3v) is 4.43. The average Bonchev–Trinajstić information content (AvgIpc) is 3.05. The maximum Gasteiger partial charge on any atom is 0.317 e. The lowest BCUT2D eigenvalue weighted by Crippen LogP contribution is -2.47. The van der Waals surface area contributed by atoms with Gasteiger partial charge in [-0.3, -0.25) is 4.79 Å². The molecule has 3 amide bonds. The van der Waals surface area contributed by atoms with E-state index < -0.39 is 0 Å². The largest absolute Gasteiger partial charge is 0.354 e. The van der Waals surface area contributed by atoms with Crippen LogP contribution in [0.5, 0.6) is 0 Å². The van der Waals surface area contributed by atoms with Crippen LogP contribution in [0.4, 0.5) is 9.18 Å². The van der Waals surface area contributed by atoms with E-state index >= 15 is 0 Å². The molecule has 2 aromatic rings. The van der Waals surface area contributed by atoms with Crippen LogP contribution in [-0.4, -0.2) is 42.5 Å². The van der Waals surface area contributed by atoms with Gasteiger partial charge in [-0.05, 0) is 29.7 Å². The summed E-state index contributed by atoms with van der Waals surface area (Å²) in [6.07, 6.45) is 0.774. The molecule has 3 rings (SSSR count). The molecule has 1 heterocycles. The second kappa shape index (κ2) is 8.47. The van der Waals surface area contributed by atoms with Gasteiger partial charge in [-0.2, -0.15) is 0 Å². The summed E-state index contributed by atoms with van der Waals surface area (Å²) in [4.78, 5) is 26.0. The summed E-state index contributed by atoms with van der Waals surface area (Å²) < 4.78 is 13.5. The molecule has 0 bridgehead atoms. The Balaban J connectivity index is 1.63. The minimum atomic E-state index is -0.305. The summed E-state index contributed by atoms with van der Waals surface area (Å²) >= 11 is 0. The van der Waals surface area contributed by atoms with E-state index in [0.29, 0.717) is 32.5 Å². The first kappa shape index (κ1) is 17.9. The molecule has 6 heteroatoms. The van der Waals surface area contributed by atoms with Crippen LogP contribution in [0.3, 0.4) is 0 Å². The van der Waals surface area contributed by atoms with E-state index in [1.165, 1.54) is 12.1 Å². The van der Waals surface area contributed by atoms with Crippen LogP contribution in [0.25, 0.3) is 0 Å². The lowest BCUT2D eigenvalue weighted by molar-refractivity contribution is -0.120. The number of carbonyl (C=O) groups is 2. The van der Waals surface area contributed by atoms with Crippen molar-refractivity contribution in [1.82, 2.24) is 15.5 Å². The third kappa shape index (κ3) is 4.81. The first-order chi connectivity index (χ1) is 12.6. The maximum absolute atomic E-state index is 13.5. The van der Waals surface area contributed by atoms with Crippen molar-refractivity contribution in [1.29, 1.82) is 0 Å². The summed E-state index contributed by atoms with van der Waals surface area (Å²) in [6, 6.07) is 15.5. The molecule has 136 valence electrons. The van der Waals surface area contributed by atoms with E-state index in [0.717, 1.165) is 11.1 Å². The molecule has 0 aromatic heterocycles. The summed E-state index contributed by atoms with van der Waals surface area (Å²) in [5.41, 5.74) is 1.73. The molecule has 1 aliphatic rings. The summed E-state index contributed by atoms with van der Waals surface area (Å²) in [7, 11) is 0. The number of amides is 3. The van der Waals surface area contributed by atoms with Crippen molar-refractivity contribution < 1.29 is 14.0 Å². The number of halogens is 1. The zero-order valence-corrected chi connectivity index (χ0v) is 14.5. The fraction of sp³-hybridized carbons (Fsp3) is 0.300.